The standard InChI is InChI=1S/C12H14FNO5S/c1-7-9(13)4-8(12(16)17)5-10(7)20(18,19)6-11(15)14(2)3/h4-5H,6H2,1-3H3,(H,16,17). The lowest BCUT2D eigenvalue weighted by Crippen LogP contribution is -2.29. The molecule has 0 aliphatic carbocycles. The highest BCUT2D eigenvalue weighted by Crippen LogP contribution is 2.22. The second kappa shape index (κ2) is 5.58. The van der Waals surface area contributed by atoms with Crippen molar-refractivity contribution < 1.29 is 27.5 Å². The molecule has 6 nitrogen and oxygen atoms in total. The van der Waals surface area contributed by atoms with Crippen molar-refractivity contribution in [1.82, 2.24) is 4.90 Å². The summed E-state index contributed by atoms with van der Waals surface area (Å²) in [7, 11) is -1.33. The van der Waals surface area contributed by atoms with Gasteiger partial charge in [-0.1, -0.05) is 0 Å². The number of carbonyl (C=O) groups excluding carboxylic acids is 1. The van der Waals surface area contributed by atoms with Crippen molar-refractivity contribution in [1.29, 1.82) is 0 Å². The molecular weight excluding hydrogens is 289 g/mol. The van der Waals surface area contributed by atoms with Crippen molar-refractivity contribution in [3.8, 4) is 0 Å². The van der Waals surface area contributed by atoms with E-state index in [1.807, 2.05) is 0 Å². The van der Waals surface area contributed by atoms with E-state index in [0.29, 0.717) is 0 Å². The van der Waals surface area contributed by atoms with Crippen LogP contribution in [0.3, 0.4) is 0 Å². The van der Waals surface area contributed by atoms with Crippen LogP contribution in [0.25, 0.3) is 0 Å². The highest BCUT2D eigenvalue weighted by atomic mass is 32.2. The molecule has 0 heterocycles. The third-order valence-electron chi connectivity index (χ3n) is 2.69. The molecule has 0 aliphatic heterocycles. The fraction of sp³-hybridized carbons (Fsp3) is 0.333. The van der Waals surface area contributed by atoms with E-state index < -0.39 is 43.7 Å². The van der Waals surface area contributed by atoms with Gasteiger partial charge in [0.1, 0.15) is 11.6 Å². The summed E-state index contributed by atoms with van der Waals surface area (Å²) in [5.74, 6) is -3.91. The van der Waals surface area contributed by atoms with E-state index in [2.05, 4.69) is 0 Å². The van der Waals surface area contributed by atoms with Crippen LogP contribution in [0.5, 0.6) is 0 Å². The summed E-state index contributed by atoms with van der Waals surface area (Å²) in [4.78, 5) is 22.9. The van der Waals surface area contributed by atoms with Crippen LogP contribution in [0.1, 0.15) is 15.9 Å². The molecule has 0 atom stereocenters. The van der Waals surface area contributed by atoms with E-state index in [1.54, 1.807) is 0 Å². The van der Waals surface area contributed by atoms with Gasteiger partial charge < -0.3 is 10.0 Å². The Hall–Kier alpha value is -1.96. The monoisotopic (exact) mass is 303 g/mol. The number of carboxylic acid groups (broad SMARTS) is 1. The number of halogens is 1. The molecule has 0 unspecified atom stereocenters. The molecule has 1 aromatic carbocycles. The van der Waals surface area contributed by atoms with Gasteiger partial charge in [-0.2, -0.15) is 0 Å². The van der Waals surface area contributed by atoms with Gasteiger partial charge in [-0.15, -0.1) is 0 Å². The Morgan fingerprint density at radius 1 is 1.30 bits per heavy atom. The molecule has 0 aliphatic rings. The fourth-order valence-corrected chi connectivity index (χ4v) is 3.08. The first-order chi connectivity index (χ1) is 9.06. The summed E-state index contributed by atoms with van der Waals surface area (Å²) in [6.45, 7) is 1.22. The number of nitrogens with zero attached hydrogens (tertiary/aromatic N) is 1. The van der Waals surface area contributed by atoms with Crippen LogP contribution in [0, 0.1) is 12.7 Å². The number of rotatable bonds is 4. The maximum absolute atomic E-state index is 13.6. The third kappa shape index (κ3) is 3.32. The number of aromatic carboxylic acids is 1. The number of amides is 1. The lowest BCUT2D eigenvalue weighted by molar-refractivity contribution is -0.125. The van der Waals surface area contributed by atoms with Gasteiger partial charge in [0.15, 0.2) is 9.84 Å². The van der Waals surface area contributed by atoms with Crippen LogP contribution in [0.4, 0.5) is 4.39 Å². The highest BCUT2D eigenvalue weighted by molar-refractivity contribution is 7.92. The van der Waals surface area contributed by atoms with Gasteiger partial charge >= 0.3 is 5.97 Å². The van der Waals surface area contributed by atoms with Gasteiger partial charge in [0.05, 0.1) is 10.5 Å². The minimum atomic E-state index is -4.11. The van der Waals surface area contributed by atoms with E-state index in [0.717, 1.165) is 17.0 Å². The summed E-state index contributed by atoms with van der Waals surface area (Å²) in [5, 5.41) is 8.82. The summed E-state index contributed by atoms with van der Waals surface area (Å²) in [5.41, 5.74) is -0.689. The second-order valence-corrected chi connectivity index (χ2v) is 6.39. The quantitative estimate of drug-likeness (QED) is 0.883. The predicted octanol–water partition coefficient (Wildman–Crippen LogP) is 0.694. The Labute approximate surface area is 115 Å². The summed E-state index contributed by atoms with van der Waals surface area (Å²) in [6, 6.07) is 1.60. The topological polar surface area (TPSA) is 91.7 Å². The Morgan fingerprint density at radius 2 is 1.85 bits per heavy atom. The van der Waals surface area contributed by atoms with Gasteiger partial charge in [-0.3, -0.25) is 4.79 Å². The minimum Gasteiger partial charge on any atom is -0.478 e. The fourth-order valence-electron chi connectivity index (χ4n) is 1.47. The van der Waals surface area contributed by atoms with Gasteiger partial charge in [-0.25, -0.2) is 17.6 Å². The van der Waals surface area contributed by atoms with Crippen LogP contribution >= 0.6 is 0 Å². The molecule has 1 aromatic rings. The van der Waals surface area contributed by atoms with E-state index in [-0.39, 0.29) is 5.56 Å². The molecule has 0 saturated carbocycles. The zero-order valence-corrected chi connectivity index (χ0v) is 12.0. The molecular formula is C12H14FNO5S. The average molecular weight is 303 g/mol. The van der Waals surface area contributed by atoms with Crippen molar-refractivity contribution in [3.05, 3.63) is 29.1 Å². The van der Waals surface area contributed by atoms with Crippen LogP contribution < -0.4 is 0 Å². The molecule has 0 bridgehead atoms. The van der Waals surface area contributed by atoms with E-state index in [1.165, 1.54) is 21.0 Å². The smallest absolute Gasteiger partial charge is 0.335 e. The van der Waals surface area contributed by atoms with E-state index >= 15 is 0 Å². The zero-order chi connectivity index (χ0) is 15.7. The summed E-state index contributed by atoms with van der Waals surface area (Å²) >= 11 is 0. The van der Waals surface area contributed by atoms with Crippen molar-refractivity contribution in [2.45, 2.75) is 11.8 Å². The largest absolute Gasteiger partial charge is 0.478 e. The molecule has 1 N–H and O–H groups in total. The van der Waals surface area contributed by atoms with Crippen LogP contribution in [-0.2, 0) is 14.6 Å². The minimum absolute atomic E-state index is 0.207. The number of benzene rings is 1. The van der Waals surface area contributed by atoms with Crippen LogP contribution in [0.15, 0.2) is 17.0 Å². The van der Waals surface area contributed by atoms with Crippen LogP contribution in [0.2, 0.25) is 0 Å². The van der Waals surface area contributed by atoms with E-state index in [9.17, 15) is 22.4 Å². The van der Waals surface area contributed by atoms with Gasteiger partial charge in [0.2, 0.25) is 5.91 Å². The molecule has 1 rings (SSSR count). The Morgan fingerprint density at radius 3 is 2.30 bits per heavy atom. The molecule has 0 fully saturated rings. The second-order valence-electron chi connectivity index (χ2n) is 4.43. The van der Waals surface area contributed by atoms with Gasteiger partial charge in [-0.05, 0) is 19.1 Å². The number of carboxylic acids is 1. The summed E-state index contributed by atoms with van der Waals surface area (Å²) < 4.78 is 37.8. The third-order valence-corrected chi connectivity index (χ3v) is 4.41. The first-order valence-corrected chi connectivity index (χ1v) is 7.18. The average Bonchev–Trinajstić information content (AvgIpc) is 2.31. The highest BCUT2D eigenvalue weighted by Gasteiger charge is 2.25. The zero-order valence-electron chi connectivity index (χ0n) is 11.2. The first kappa shape index (κ1) is 16.1. The molecule has 0 saturated heterocycles. The molecule has 0 spiro atoms. The van der Waals surface area contributed by atoms with Gasteiger partial charge in [0, 0.05) is 19.7 Å². The Balaban J connectivity index is 3.38. The molecule has 110 valence electrons. The lowest BCUT2D eigenvalue weighted by atomic mass is 10.1. The number of hydrogen-bond acceptors (Lipinski definition) is 4. The number of sulfone groups is 1. The van der Waals surface area contributed by atoms with E-state index in [4.69, 9.17) is 5.11 Å². The van der Waals surface area contributed by atoms with Crippen LogP contribution in [-0.4, -0.2) is 50.1 Å². The first-order valence-electron chi connectivity index (χ1n) is 5.52. The molecule has 1 amide bonds. The SMILES string of the molecule is Cc1c(F)cc(C(=O)O)cc1S(=O)(=O)CC(=O)N(C)C. The molecule has 0 aromatic heterocycles. The van der Waals surface area contributed by atoms with Crippen molar-refractivity contribution in [2.24, 2.45) is 0 Å². The Bertz CT molecular complexity index is 667. The van der Waals surface area contributed by atoms with Crippen molar-refractivity contribution in [2.75, 3.05) is 19.8 Å². The normalized spacial score (nSPS) is 11.2. The predicted molar refractivity (Wildman–Crippen MR) is 68.8 cm³/mol. The van der Waals surface area contributed by atoms with Gasteiger partial charge in [0.25, 0.3) is 0 Å². The maximum Gasteiger partial charge on any atom is 0.335 e. The number of carbonyl (C=O) groups is 2. The van der Waals surface area contributed by atoms with Crippen molar-refractivity contribution >= 4 is 21.7 Å². The molecule has 0 radical (unpaired) electrons. The number of hydrogen-bond donors (Lipinski definition) is 1. The summed E-state index contributed by atoms with van der Waals surface area (Å²) in [6.07, 6.45) is 0. The lowest BCUT2D eigenvalue weighted by Gasteiger charge is -2.13. The molecule has 8 heteroatoms. The van der Waals surface area contributed by atoms with Crippen molar-refractivity contribution in [3.63, 3.8) is 0 Å². The Kier molecular flexibility index (Phi) is 4.49. The molecule has 20 heavy (non-hydrogen) atoms. The maximum atomic E-state index is 13.6.